The van der Waals surface area contributed by atoms with Gasteiger partial charge >= 0.3 is 6.03 Å². The van der Waals surface area contributed by atoms with Crippen LogP contribution in [0.4, 0.5) is 10.5 Å². The number of benzene rings is 2. The van der Waals surface area contributed by atoms with Crippen molar-refractivity contribution in [3.63, 3.8) is 0 Å². The van der Waals surface area contributed by atoms with Crippen LogP contribution in [0.25, 0.3) is 0 Å². The Hall–Kier alpha value is -3.08. The van der Waals surface area contributed by atoms with Crippen molar-refractivity contribution < 1.29 is 4.79 Å². The molecule has 0 atom stereocenters. The Labute approximate surface area is 154 Å². The van der Waals surface area contributed by atoms with Gasteiger partial charge in [0.15, 0.2) is 0 Å². The predicted octanol–water partition coefficient (Wildman–Crippen LogP) is 4.18. The number of hydrogen-bond acceptors (Lipinski definition) is 2. The van der Waals surface area contributed by atoms with Gasteiger partial charge in [-0.2, -0.15) is 0 Å². The molecule has 1 heterocycles. The molecule has 0 spiro atoms. The minimum Gasteiger partial charge on any atom is -0.332 e. The van der Waals surface area contributed by atoms with E-state index < -0.39 is 0 Å². The highest BCUT2D eigenvalue weighted by atomic mass is 16.2. The molecule has 5 nitrogen and oxygen atoms in total. The highest BCUT2D eigenvalue weighted by molar-refractivity contribution is 5.90. The maximum atomic E-state index is 12.2. The highest BCUT2D eigenvalue weighted by Crippen LogP contribution is 2.16. The van der Waals surface area contributed by atoms with E-state index >= 15 is 0 Å². The van der Waals surface area contributed by atoms with E-state index in [-0.39, 0.29) is 6.03 Å². The maximum Gasteiger partial charge on any atom is 0.319 e. The monoisotopic (exact) mass is 348 g/mol. The lowest BCUT2D eigenvalue weighted by Crippen LogP contribution is -2.29. The summed E-state index contributed by atoms with van der Waals surface area (Å²) in [6, 6.07) is 14.2. The summed E-state index contributed by atoms with van der Waals surface area (Å²) in [5.74, 6) is 0. The van der Waals surface area contributed by atoms with Gasteiger partial charge in [0.25, 0.3) is 0 Å². The molecule has 2 amide bonds. The molecule has 2 N–H and O–H groups in total. The Balaban J connectivity index is 1.61. The number of imidazole rings is 1. The molecule has 1 aromatic heterocycles. The number of nitrogens with one attached hydrogen (secondary N) is 2. The van der Waals surface area contributed by atoms with E-state index in [2.05, 4.69) is 46.8 Å². The summed E-state index contributed by atoms with van der Waals surface area (Å²) in [5.41, 5.74) is 6.38. The van der Waals surface area contributed by atoms with Crippen LogP contribution >= 0.6 is 0 Å². The second kappa shape index (κ2) is 7.87. The molecule has 0 saturated carbocycles. The largest absolute Gasteiger partial charge is 0.332 e. The number of hydrogen-bond donors (Lipinski definition) is 2. The zero-order chi connectivity index (χ0) is 18.5. The number of carbonyl (C=O) groups excluding carboxylic acids is 1. The van der Waals surface area contributed by atoms with Crippen LogP contribution in [0.3, 0.4) is 0 Å². The molecule has 26 heavy (non-hydrogen) atoms. The third-order valence-electron chi connectivity index (χ3n) is 4.31. The molecule has 0 aliphatic carbocycles. The Kier molecular flexibility index (Phi) is 5.37. The molecule has 2 aromatic carbocycles. The minimum absolute atomic E-state index is 0.220. The first-order chi connectivity index (χ1) is 12.5. The van der Waals surface area contributed by atoms with Gasteiger partial charge in [0, 0.05) is 18.4 Å². The number of anilines is 1. The fourth-order valence-corrected chi connectivity index (χ4v) is 2.85. The molecule has 0 aliphatic rings. The van der Waals surface area contributed by atoms with Crippen molar-refractivity contribution >= 4 is 11.7 Å². The number of urea groups is 1. The van der Waals surface area contributed by atoms with Crippen molar-refractivity contribution in [1.82, 2.24) is 14.9 Å². The highest BCUT2D eigenvalue weighted by Gasteiger charge is 2.08. The summed E-state index contributed by atoms with van der Waals surface area (Å²) in [4.78, 5) is 16.5. The Morgan fingerprint density at radius 1 is 1.08 bits per heavy atom. The molecular weight excluding hydrogens is 324 g/mol. The Morgan fingerprint density at radius 2 is 1.88 bits per heavy atom. The number of rotatable bonds is 5. The average molecular weight is 348 g/mol. The first kappa shape index (κ1) is 17.7. The van der Waals surface area contributed by atoms with Crippen molar-refractivity contribution in [1.29, 1.82) is 0 Å². The number of aromatic nitrogens is 2. The molecule has 0 aliphatic heterocycles. The number of aryl methyl sites for hydroxylation is 3. The van der Waals surface area contributed by atoms with Gasteiger partial charge in [-0.25, -0.2) is 9.78 Å². The van der Waals surface area contributed by atoms with E-state index in [0.717, 1.165) is 29.1 Å². The third kappa shape index (κ3) is 4.51. The van der Waals surface area contributed by atoms with Crippen molar-refractivity contribution in [3.05, 3.63) is 82.9 Å². The Morgan fingerprint density at radius 3 is 2.69 bits per heavy atom. The molecule has 134 valence electrons. The molecule has 0 saturated heterocycles. The molecular formula is C21H24N4O. The standard InChI is InChI=1S/C21H24N4O/c1-15-5-4-6-18(9-15)13-25-14-22-11-19(25)12-23-21(26)24-20-10-16(2)7-8-17(20)3/h4-11,14H,12-13H2,1-3H3,(H2,23,24,26). The van der Waals surface area contributed by atoms with Crippen molar-refractivity contribution in [2.24, 2.45) is 0 Å². The SMILES string of the molecule is Cc1cccc(Cn2cncc2CNC(=O)Nc2cc(C)ccc2C)c1. The van der Waals surface area contributed by atoms with E-state index in [4.69, 9.17) is 0 Å². The van der Waals surface area contributed by atoms with E-state index in [1.165, 1.54) is 11.1 Å². The van der Waals surface area contributed by atoms with Crippen LogP contribution in [-0.4, -0.2) is 15.6 Å². The van der Waals surface area contributed by atoms with Crippen LogP contribution in [0.5, 0.6) is 0 Å². The van der Waals surface area contributed by atoms with Crippen LogP contribution in [0.15, 0.2) is 55.0 Å². The first-order valence-electron chi connectivity index (χ1n) is 8.68. The molecule has 0 radical (unpaired) electrons. The zero-order valence-electron chi connectivity index (χ0n) is 15.4. The van der Waals surface area contributed by atoms with Crippen LogP contribution in [0.1, 0.15) is 27.9 Å². The van der Waals surface area contributed by atoms with Crippen LogP contribution in [0.2, 0.25) is 0 Å². The zero-order valence-corrected chi connectivity index (χ0v) is 15.4. The summed E-state index contributed by atoms with van der Waals surface area (Å²) < 4.78 is 2.05. The predicted molar refractivity (Wildman–Crippen MR) is 104 cm³/mol. The first-order valence-corrected chi connectivity index (χ1v) is 8.68. The number of carbonyl (C=O) groups is 1. The minimum atomic E-state index is -0.220. The summed E-state index contributed by atoms with van der Waals surface area (Å²) in [6.45, 7) is 7.22. The second-order valence-electron chi connectivity index (χ2n) is 6.63. The third-order valence-corrected chi connectivity index (χ3v) is 4.31. The van der Waals surface area contributed by atoms with Crippen LogP contribution in [0, 0.1) is 20.8 Å². The lowest BCUT2D eigenvalue weighted by Gasteiger charge is -2.12. The maximum absolute atomic E-state index is 12.2. The summed E-state index contributed by atoms with van der Waals surface area (Å²) in [7, 11) is 0. The summed E-state index contributed by atoms with van der Waals surface area (Å²) in [5, 5.41) is 5.82. The van der Waals surface area contributed by atoms with Gasteiger partial charge in [-0.3, -0.25) is 0 Å². The van der Waals surface area contributed by atoms with Gasteiger partial charge in [-0.1, -0.05) is 42.0 Å². The smallest absolute Gasteiger partial charge is 0.319 e. The average Bonchev–Trinajstić information content (AvgIpc) is 3.03. The molecule has 0 fully saturated rings. The van der Waals surface area contributed by atoms with Gasteiger partial charge < -0.3 is 15.2 Å². The van der Waals surface area contributed by atoms with E-state index in [1.54, 1.807) is 12.5 Å². The molecule has 3 aromatic rings. The van der Waals surface area contributed by atoms with Crippen LogP contribution in [-0.2, 0) is 13.1 Å². The number of nitrogens with zero attached hydrogens (tertiary/aromatic N) is 2. The van der Waals surface area contributed by atoms with Crippen molar-refractivity contribution in [3.8, 4) is 0 Å². The molecule has 0 unspecified atom stereocenters. The fourth-order valence-electron chi connectivity index (χ4n) is 2.85. The van der Waals surface area contributed by atoms with Gasteiger partial charge in [-0.15, -0.1) is 0 Å². The van der Waals surface area contributed by atoms with Gasteiger partial charge in [0.1, 0.15) is 0 Å². The quantitative estimate of drug-likeness (QED) is 0.727. The van der Waals surface area contributed by atoms with Gasteiger partial charge in [0.2, 0.25) is 0 Å². The van der Waals surface area contributed by atoms with Gasteiger partial charge in [-0.05, 0) is 43.5 Å². The lowest BCUT2D eigenvalue weighted by atomic mass is 10.1. The lowest BCUT2D eigenvalue weighted by molar-refractivity contribution is 0.251. The molecule has 0 bridgehead atoms. The Bertz CT molecular complexity index is 914. The van der Waals surface area contributed by atoms with Crippen molar-refractivity contribution in [2.45, 2.75) is 33.9 Å². The van der Waals surface area contributed by atoms with Crippen LogP contribution < -0.4 is 10.6 Å². The molecule has 5 heteroatoms. The summed E-state index contributed by atoms with van der Waals surface area (Å²) >= 11 is 0. The number of amides is 2. The van der Waals surface area contributed by atoms with E-state index in [9.17, 15) is 4.79 Å². The normalized spacial score (nSPS) is 10.6. The van der Waals surface area contributed by atoms with E-state index in [0.29, 0.717) is 6.54 Å². The van der Waals surface area contributed by atoms with E-state index in [1.807, 2.05) is 36.6 Å². The fraction of sp³-hybridized carbons (Fsp3) is 0.238. The van der Waals surface area contributed by atoms with Crippen molar-refractivity contribution in [2.75, 3.05) is 5.32 Å². The second-order valence-corrected chi connectivity index (χ2v) is 6.63. The summed E-state index contributed by atoms with van der Waals surface area (Å²) in [6.07, 6.45) is 3.58. The topological polar surface area (TPSA) is 59.0 Å². The van der Waals surface area contributed by atoms with Gasteiger partial charge in [0.05, 0.1) is 18.6 Å². The molecule has 3 rings (SSSR count).